The van der Waals surface area contributed by atoms with Gasteiger partial charge in [-0.25, -0.2) is 0 Å². The maximum absolute atomic E-state index is 5.55. The first kappa shape index (κ1) is 16.0. The van der Waals surface area contributed by atoms with Crippen molar-refractivity contribution < 1.29 is 4.74 Å². The van der Waals surface area contributed by atoms with Gasteiger partial charge in [0.25, 0.3) is 0 Å². The van der Waals surface area contributed by atoms with E-state index in [0.29, 0.717) is 0 Å². The maximum Gasteiger partial charge on any atom is 0.0590 e. The summed E-state index contributed by atoms with van der Waals surface area (Å²) in [7, 11) is 0. The van der Waals surface area contributed by atoms with Gasteiger partial charge in [0, 0.05) is 43.7 Å². The Labute approximate surface area is 127 Å². The summed E-state index contributed by atoms with van der Waals surface area (Å²) in [4.78, 5) is 4.11. The van der Waals surface area contributed by atoms with Crippen molar-refractivity contribution in [3.8, 4) is 0 Å². The summed E-state index contributed by atoms with van der Waals surface area (Å²) in [5.41, 5.74) is 0. The van der Waals surface area contributed by atoms with E-state index in [0.717, 1.165) is 45.4 Å². The molecule has 0 bridgehead atoms. The van der Waals surface area contributed by atoms with Crippen molar-refractivity contribution in [2.45, 2.75) is 45.2 Å². The second kappa shape index (κ2) is 9.50. The number of unbranched alkanes of at least 4 members (excludes halogenated alkanes) is 1. The van der Waals surface area contributed by atoms with Crippen LogP contribution in [0.4, 0.5) is 0 Å². The lowest BCUT2D eigenvalue weighted by atomic mass is 10.3. The largest absolute Gasteiger partial charge is 0.380 e. The Morgan fingerprint density at radius 1 is 1.35 bits per heavy atom. The highest BCUT2D eigenvalue weighted by molar-refractivity contribution is 7.09. The molecule has 1 aliphatic carbocycles. The van der Waals surface area contributed by atoms with Gasteiger partial charge in [-0.15, -0.1) is 11.3 Å². The number of thiophene rings is 1. The number of hydrogen-bond acceptors (Lipinski definition) is 4. The highest BCUT2D eigenvalue weighted by atomic mass is 32.1. The first-order valence-electron chi connectivity index (χ1n) is 7.95. The standard InChI is InChI=1S/C16H28N2OS/c1-2-3-11-19-12-9-17-8-10-18(15-6-7-15)14-16-5-4-13-20-16/h4-5,13,15,17H,2-3,6-12,14H2,1H3. The minimum atomic E-state index is 0.833. The molecule has 1 aromatic heterocycles. The van der Waals surface area contributed by atoms with E-state index in [2.05, 4.69) is 34.7 Å². The second-order valence-corrected chi connectivity index (χ2v) is 6.53. The predicted molar refractivity (Wildman–Crippen MR) is 86.3 cm³/mol. The Bertz CT molecular complexity index is 338. The van der Waals surface area contributed by atoms with Crippen LogP contribution in [0.2, 0.25) is 0 Å². The monoisotopic (exact) mass is 296 g/mol. The Morgan fingerprint density at radius 2 is 2.25 bits per heavy atom. The minimum absolute atomic E-state index is 0.833. The summed E-state index contributed by atoms with van der Waals surface area (Å²) in [6, 6.07) is 5.23. The van der Waals surface area contributed by atoms with E-state index in [9.17, 15) is 0 Å². The van der Waals surface area contributed by atoms with Crippen molar-refractivity contribution >= 4 is 11.3 Å². The average Bonchev–Trinajstić information content (AvgIpc) is 3.18. The van der Waals surface area contributed by atoms with E-state index < -0.39 is 0 Å². The van der Waals surface area contributed by atoms with E-state index in [-0.39, 0.29) is 0 Å². The van der Waals surface area contributed by atoms with E-state index >= 15 is 0 Å². The molecule has 114 valence electrons. The fourth-order valence-electron chi connectivity index (χ4n) is 2.27. The van der Waals surface area contributed by atoms with Crippen LogP contribution in [0.3, 0.4) is 0 Å². The number of nitrogens with one attached hydrogen (secondary N) is 1. The Balaban J connectivity index is 1.52. The van der Waals surface area contributed by atoms with Crippen LogP contribution in [-0.4, -0.2) is 43.8 Å². The molecule has 4 heteroatoms. The van der Waals surface area contributed by atoms with Gasteiger partial charge in [0.1, 0.15) is 0 Å². The van der Waals surface area contributed by atoms with Gasteiger partial charge in [-0.05, 0) is 30.7 Å². The summed E-state index contributed by atoms with van der Waals surface area (Å²) < 4.78 is 5.55. The predicted octanol–water partition coefficient (Wildman–Crippen LogP) is 3.12. The first-order chi connectivity index (χ1) is 9.90. The summed E-state index contributed by atoms with van der Waals surface area (Å²) in [6.07, 6.45) is 5.15. The van der Waals surface area contributed by atoms with E-state index in [4.69, 9.17) is 4.74 Å². The van der Waals surface area contributed by atoms with Crippen molar-refractivity contribution in [2.75, 3.05) is 32.8 Å². The normalized spacial score (nSPS) is 15.1. The molecule has 1 saturated carbocycles. The van der Waals surface area contributed by atoms with E-state index in [1.165, 1.54) is 30.6 Å². The molecule has 0 atom stereocenters. The van der Waals surface area contributed by atoms with Crippen molar-refractivity contribution in [3.63, 3.8) is 0 Å². The SMILES string of the molecule is CCCCOCCNCCN(Cc1cccs1)C1CC1. The molecular formula is C16H28N2OS. The molecule has 0 saturated heterocycles. The van der Waals surface area contributed by atoms with Gasteiger partial charge in [0.2, 0.25) is 0 Å². The van der Waals surface area contributed by atoms with Crippen LogP contribution in [0.1, 0.15) is 37.5 Å². The van der Waals surface area contributed by atoms with Crippen molar-refractivity contribution in [3.05, 3.63) is 22.4 Å². The first-order valence-corrected chi connectivity index (χ1v) is 8.83. The summed E-state index contributed by atoms with van der Waals surface area (Å²) in [5.74, 6) is 0. The highest BCUT2D eigenvalue weighted by Crippen LogP contribution is 2.28. The molecule has 0 aliphatic heterocycles. The highest BCUT2D eigenvalue weighted by Gasteiger charge is 2.28. The lowest BCUT2D eigenvalue weighted by Gasteiger charge is -2.21. The molecule has 2 rings (SSSR count). The molecule has 1 fully saturated rings. The third-order valence-corrected chi connectivity index (χ3v) is 4.50. The molecule has 0 amide bonds. The van der Waals surface area contributed by atoms with Crippen LogP contribution in [0, 0.1) is 0 Å². The van der Waals surface area contributed by atoms with Gasteiger partial charge in [-0.3, -0.25) is 4.90 Å². The quantitative estimate of drug-likeness (QED) is 0.600. The lowest BCUT2D eigenvalue weighted by molar-refractivity contribution is 0.132. The van der Waals surface area contributed by atoms with Crippen LogP contribution in [0.25, 0.3) is 0 Å². The molecule has 0 spiro atoms. The number of hydrogen-bond donors (Lipinski definition) is 1. The molecular weight excluding hydrogens is 268 g/mol. The van der Waals surface area contributed by atoms with Crippen molar-refractivity contribution in [1.29, 1.82) is 0 Å². The van der Waals surface area contributed by atoms with Gasteiger partial charge in [0.05, 0.1) is 6.61 Å². The molecule has 1 aromatic rings. The molecule has 1 N–H and O–H groups in total. The molecule has 0 unspecified atom stereocenters. The van der Waals surface area contributed by atoms with Crippen molar-refractivity contribution in [1.82, 2.24) is 10.2 Å². The number of nitrogens with zero attached hydrogens (tertiary/aromatic N) is 1. The topological polar surface area (TPSA) is 24.5 Å². The van der Waals surface area contributed by atoms with Crippen LogP contribution in [-0.2, 0) is 11.3 Å². The third kappa shape index (κ3) is 6.35. The van der Waals surface area contributed by atoms with Crippen LogP contribution >= 0.6 is 11.3 Å². The van der Waals surface area contributed by atoms with Gasteiger partial charge in [-0.1, -0.05) is 19.4 Å². The third-order valence-electron chi connectivity index (χ3n) is 3.64. The average molecular weight is 296 g/mol. The van der Waals surface area contributed by atoms with Crippen LogP contribution in [0.5, 0.6) is 0 Å². The maximum atomic E-state index is 5.55. The summed E-state index contributed by atoms with van der Waals surface area (Å²) in [5, 5.41) is 5.66. The number of rotatable bonds is 12. The Kier molecular flexibility index (Phi) is 7.58. The van der Waals surface area contributed by atoms with Crippen molar-refractivity contribution in [2.24, 2.45) is 0 Å². The summed E-state index contributed by atoms with van der Waals surface area (Å²) in [6.45, 7) is 8.26. The smallest absolute Gasteiger partial charge is 0.0590 e. The molecule has 20 heavy (non-hydrogen) atoms. The molecule has 1 heterocycles. The van der Waals surface area contributed by atoms with Crippen LogP contribution < -0.4 is 5.32 Å². The zero-order chi connectivity index (χ0) is 14.0. The van der Waals surface area contributed by atoms with Gasteiger partial charge in [0.15, 0.2) is 0 Å². The zero-order valence-corrected chi connectivity index (χ0v) is 13.5. The van der Waals surface area contributed by atoms with Gasteiger partial charge >= 0.3 is 0 Å². The van der Waals surface area contributed by atoms with Crippen LogP contribution in [0.15, 0.2) is 17.5 Å². The fourth-order valence-corrected chi connectivity index (χ4v) is 3.00. The zero-order valence-electron chi connectivity index (χ0n) is 12.6. The molecule has 1 aliphatic rings. The molecule has 3 nitrogen and oxygen atoms in total. The van der Waals surface area contributed by atoms with E-state index in [1.54, 1.807) is 0 Å². The van der Waals surface area contributed by atoms with Gasteiger partial charge in [-0.2, -0.15) is 0 Å². The Hall–Kier alpha value is -0.420. The molecule has 0 aromatic carbocycles. The van der Waals surface area contributed by atoms with Gasteiger partial charge < -0.3 is 10.1 Å². The lowest BCUT2D eigenvalue weighted by Crippen LogP contribution is -2.34. The fraction of sp³-hybridized carbons (Fsp3) is 0.750. The molecule has 0 radical (unpaired) electrons. The summed E-state index contributed by atoms with van der Waals surface area (Å²) >= 11 is 1.87. The number of ether oxygens (including phenoxy) is 1. The second-order valence-electron chi connectivity index (χ2n) is 5.50. The van der Waals surface area contributed by atoms with E-state index in [1.807, 2.05) is 11.3 Å². The Morgan fingerprint density at radius 3 is 2.95 bits per heavy atom. The minimum Gasteiger partial charge on any atom is -0.380 e.